The van der Waals surface area contributed by atoms with E-state index in [1.54, 1.807) is 48.5 Å². The van der Waals surface area contributed by atoms with Gasteiger partial charge in [0.05, 0.1) is 16.7 Å². The topological polar surface area (TPSA) is 111 Å². The number of hydrogen-bond donors (Lipinski definition) is 1. The average molecular weight is 468 g/mol. The van der Waals surface area contributed by atoms with Crippen molar-refractivity contribution in [3.8, 4) is 5.75 Å². The molecule has 0 fully saturated rings. The van der Waals surface area contributed by atoms with E-state index in [0.29, 0.717) is 16.9 Å². The molecular weight excluding hydrogens is 454 g/mol. The van der Waals surface area contributed by atoms with Crippen molar-refractivity contribution in [3.63, 3.8) is 0 Å². The number of hydrazone groups is 1. The summed E-state index contributed by atoms with van der Waals surface area (Å²) in [5.41, 5.74) is 3.58. The Morgan fingerprint density at radius 3 is 2.13 bits per heavy atom. The van der Waals surface area contributed by atoms with E-state index in [2.05, 4.69) is 26.5 Å². The zero-order valence-electron chi connectivity index (χ0n) is 15.3. The van der Waals surface area contributed by atoms with E-state index in [-0.39, 0.29) is 11.3 Å². The molecule has 0 atom stereocenters. The molecule has 1 N–H and O–H groups in total. The quantitative estimate of drug-likeness (QED) is 0.190. The number of amides is 1. The van der Waals surface area contributed by atoms with Crippen LogP contribution in [0.2, 0.25) is 0 Å². The zero-order valence-corrected chi connectivity index (χ0v) is 16.9. The first-order valence-corrected chi connectivity index (χ1v) is 9.37. The van der Waals surface area contributed by atoms with Gasteiger partial charge in [0.25, 0.3) is 11.6 Å². The minimum Gasteiger partial charge on any atom is -0.423 e. The van der Waals surface area contributed by atoms with E-state index < -0.39 is 16.8 Å². The van der Waals surface area contributed by atoms with Gasteiger partial charge in [0.2, 0.25) is 0 Å². The number of nitro groups is 1. The van der Waals surface area contributed by atoms with Crippen molar-refractivity contribution in [1.29, 1.82) is 0 Å². The van der Waals surface area contributed by atoms with Crippen LogP contribution in [0.5, 0.6) is 5.75 Å². The van der Waals surface area contributed by atoms with E-state index in [0.717, 1.165) is 4.47 Å². The Hall–Kier alpha value is -3.85. The Morgan fingerprint density at radius 1 is 0.933 bits per heavy atom. The molecule has 0 saturated carbocycles. The molecule has 3 aromatic carbocycles. The molecule has 0 radical (unpaired) electrons. The largest absolute Gasteiger partial charge is 0.423 e. The zero-order chi connectivity index (χ0) is 21.5. The molecule has 1 amide bonds. The van der Waals surface area contributed by atoms with Crippen LogP contribution in [0.1, 0.15) is 26.3 Å². The lowest BCUT2D eigenvalue weighted by molar-refractivity contribution is -0.384. The van der Waals surface area contributed by atoms with E-state index in [1.165, 1.54) is 30.5 Å². The number of ether oxygens (including phenoxy) is 1. The van der Waals surface area contributed by atoms with Crippen LogP contribution in [0.4, 0.5) is 5.69 Å². The summed E-state index contributed by atoms with van der Waals surface area (Å²) in [5, 5.41) is 14.5. The summed E-state index contributed by atoms with van der Waals surface area (Å²) in [5.74, 6) is -0.601. The van der Waals surface area contributed by atoms with Crippen molar-refractivity contribution in [2.45, 2.75) is 0 Å². The first kappa shape index (κ1) is 20.9. The summed E-state index contributed by atoms with van der Waals surface area (Å²) in [7, 11) is 0. The maximum Gasteiger partial charge on any atom is 0.343 e. The van der Waals surface area contributed by atoms with Gasteiger partial charge in [-0.2, -0.15) is 5.10 Å². The molecular formula is C21H14BrN3O5. The summed E-state index contributed by atoms with van der Waals surface area (Å²) in [4.78, 5) is 34.2. The molecule has 0 aliphatic carbocycles. The normalized spacial score (nSPS) is 10.6. The fourth-order valence-corrected chi connectivity index (χ4v) is 2.60. The Morgan fingerprint density at radius 2 is 1.53 bits per heavy atom. The van der Waals surface area contributed by atoms with Crippen molar-refractivity contribution < 1.29 is 19.2 Å². The van der Waals surface area contributed by atoms with Gasteiger partial charge in [-0.25, -0.2) is 10.2 Å². The van der Waals surface area contributed by atoms with Gasteiger partial charge in [-0.15, -0.1) is 0 Å². The summed E-state index contributed by atoms with van der Waals surface area (Å²) in [6, 6.07) is 18.5. The Kier molecular flexibility index (Phi) is 6.66. The molecule has 0 aliphatic heterocycles. The van der Waals surface area contributed by atoms with Crippen LogP contribution < -0.4 is 10.2 Å². The molecule has 3 aromatic rings. The third kappa shape index (κ3) is 5.58. The highest BCUT2D eigenvalue weighted by atomic mass is 79.9. The molecule has 30 heavy (non-hydrogen) atoms. The summed E-state index contributed by atoms with van der Waals surface area (Å²) in [6.07, 6.45) is 1.42. The van der Waals surface area contributed by atoms with E-state index in [4.69, 9.17) is 4.74 Å². The molecule has 0 unspecified atom stereocenters. The number of non-ortho nitro benzene ring substituents is 1. The summed E-state index contributed by atoms with van der Waals surface area (Å²) < 4.78 is 6.17. The van der Waals surface area contributed by atoms with Crippen LogP contribution >= 0.6 is 15.9 Å². The van der Waals surface area contributed by atoms with E-state index in [1.807, 2.05) is 0 Å². The highest BCUT2D eigenvalue weighted by Crippen LogP contribution is 2.16. The molecule has 0 saturated heterocycles. The molecule has 0 aromatic heterocycles. The molecule has 9 heteroatoms. The SMILES string of the molecule is O=C(N/N=C/c1ccc(OC(=O)c2ccc(Br)cc2)cc1)c1ccc([N+](=O)[O-])cc1. The minimum absolute atomic E-state index is 0.101. The van der Waals surface area contributed by atoms with E-state index >= 15 is 0 Å². The third-order valence-electron chi connectivity index (χ3n) is 3.89. The summed E-state index contributed by atoms with van der Waals surface area (Å²) >= 11 is 3.30. The second-order valence-corrected chi connectivity index (χ2v) is 6.88. The van der Waals surface area contributed by atoms with Crippen molar-refractivity contribution in [3.05, 3.63) is 104 Å². The molecule has 3 rings (SSSR count). The number of hydrogen-bond acceptors (Lipinski definition) is 6. The third-order valence-corrected chi connectivity index (χ3v) is 4.42. The van der Waals surface area contributed by atoms with Crippen LogP contribution in [0.25, 0.3) is 0 Å². The number of carbonyl (C=O) groups is 2. The van der Waals surface area contributed by atoms with Gasteiger partial charge < -0.3 is 4.74 Å². The first-order chi connectivity index (χ1) is 14.4. The predicted octanol–water partition coefficient (Wildman–Crippen LogP) is 4.34. The van der Waals surface area contributed by atoms with Gasteiger partial charge >= 0.3 is 5.97 Å². The predicted molar refractivity (Wildman–Crippen MR) is 114 cm³/mol. The van der Waals surface area contributed by atoms with Crippen LogP contribution in [0.15, 0.2) is 82.4 Å². The maximum atomic E-state index is 12.1. The Balaban J connectivity index is 1.55. The maximum absolute atomic E-state index is 12.1. The van der Waals surface area contributed by atoms with Gasteiger partial charge in [-0.1, -0.05) is 15.9 Å². The number of carbonyl (C=O) groups excluding carboxylic acids is 2. The lowest BCUT2D eigenvalue weighted by atomic mass is 10.2. The molecule has 8 nitrogen and oxygen atoms in total. The fraction of sp³-hybridized carbons (Fsp3) is 0. The van der Waals surface area contributed by atoms with Crippen LogP contribution in [0, 0.1) is 10.1 Å². The van der Waals surface area contributed by atoms with Gasteiger partial charge in [0, 0.05) is 22.2 Å². The Bertz CT molecular complexity index is 1090. The lowest BCUT2D eigenvalue weighted by Crippen LogP contribution is -2.17. The summed E-state index contributed by atoms with van der Waals surface area (Å²) in [6.45, 7) is 0. The smallest absolute Gasteiger partial charge is 0.343 e. The molecule has 0 spiro atoms. The second-order valence-electron chi connectivity index (χ2n) is 5.97. The number of nitrogens with one attached hydrogen (secondary N) is 1. The highest BCUT2D eigenvalue weighted by molar-refractivity contribution is 9.10. The number of esters is 1. The molecule has 150 valence electrons. The number of halogens is 1. The van der Waals surface area contributed by atoms with Crippen molar-refractivity contribution in [1.82, 2.24) is 5.43 Å². The van der Waals surface area contributed by atoms with Gasteiger partial charge in [-0.3, -0.25) is 14.9 Å². The molecule has 0 bridgehead atoms. The standard InChI is InChI=1S/C21H14BrN3O5/c22-17-7-3-16(4-8-17)21(27)30-19-11-1-14(2-12-19)13-23-24-20(26)15-5-9-18(10-6-15)25(28)29/h1-13H,(H,24,26)/b23-13+. The minimum atomic E-state index is -0.542. The first-order valence-electron chi connectivity index (χ1n) is 8.58. The average Bonchev–Trinajstić information content (AvgIpc) is 2.75. The second kappa shape index (κ2) is 9.57. The van der Waals surface area contributed by atoms with Gasteiger partial charge in [-0.05, 0) is 66.2 Å². The highest BCUT2D eigenvalue weighted by Gasteiger charge is 2.09. The molecule has 0 aliphatic rings. The number of rotatable bonds is 6. The van der Waals surface area contributed by atoms with Crippen molar-refractivity contribution >= 4 is 39.7 Å². The van der Waals surface area contributed by atoms with Gasteiger partial charge in [0.1, 0.15) is 5.75 Å². The Labute approximate surface area is 179 Å². The number of benzene rings is 3. The van der Waals surface area contributed by atoms with Crippen LogP contribution in [-0.2, 0) is 0 Å². The lowest BCUT2D eigenvalue weighted by Gasteiger charge is -2.05. The van der Waals surface area contributed by atoms with Gasteiger partial charge in [0.15, 0.2) is 0 Å². The van der Waals surface area contributed by atoms with Crippen LogP contribution in [-0.4, -0.2) is 23.0 Å². The van der Waals surface area contributed by atoms with Crippen molar-refractivity contribution in [2.75, 3.05) is 0 Å². The van der Waals surface area contributed by atoms with Crippen LogP contribution in [0.3, 0.4) is 0 Å². The molecule has 0 heterocycles. The fourth-order valence-electron chi connectivity index (χ4n) is 2.34. The monoisotopic (exact) mass is 467 g/mol. The number of nitro benzene ring substituents is 1. The van der Waals surface area contributed by atoms with E-state index in [9.17, 15) is 19.7 Å². The van der Waals surface area contributed by atoms with Crippen molar-refractivity contribution in [2.24, 2.45) is 5.10 Å². The number of nitrogens with zero attached hydrogens (tertiary/aromatic N) is 2.